The van der Waals surface area contributed by atoms with Crippen LogP contribution in [0.4, 0.5) is 0 Å². The fourth-order valence-electron chi connectivity index (χ4n) is 0.871. The number of carbonyl (C=O) groups excluding carboxylic acids is 1. The number of aliphatic hydroxyl groups excluding tert-OH is 1. The average molecular weight is 143 g/mol. The molecule has 0 aliphatic carbocycles. The Balaban J connectivity index is 2.56. The first-order valence-electron chi connectivity index (χ1n) is 3.12. The van der Waals surface area contributed by atoms with Crippen molar-refractivity contribution < 1.29 is 14.7 Å². The molecule has 0 radical (unpaired) electrons. The number of carbonyl (C=O) groups is 1. The van der Waals surface area contributed by atoms with Gasteiger partial charge in [0.05, 0.1) is 5.71 Å². The van der Waals surface area contributed by atoms with Crippen LogP contribution in [0, 0.1) is 5.92 Å². The van der Waals surface area contributed by atoms with E-state index in [2.05, 4.69) is 9.99 Å². The molecule has 4 nitrogen and oxygen atoms in total. The van der Waals surface area contributed by atoms with Crippen molar-refractivity contribution >= 4 is 11.7 Å². The zero-order valence-corrected chi connectivity index (χ0v) is 5.70. The third kappa shape index (κ3) is 1.16. The molecule has 0 aromatic heterocycles. The molecule has 0 saturated heterocycles. The topological polar surface area (TPSA) is 58.9 Å². The molecule has 1 atom stereocenters. The Bertz CT molecular complexity index is 176. The van der Waals surface area contributed by atoms with Gasteiger partial charge in [-0.15, -0.1) is 0 Å². The predicted octanol–water partition coefficient (Wildman–Crippen LogP) is -0.0823. The van der Waals surface area contributed by atoms with Gasteiger partial charge in [-0.3, -0.25) is 0 Å². The predicted molar refractivity (Wildman–Crippen MR) is 34.4 cm³/mol. The van der Waals surface area contributed by atoms with E-state index in [1.54, 1.807) is 6.92 Å². The number of rotatable bonds is 2. The van der Waals surface area contributed by atoms with Crippen LogP contribution in [0.5, 0.6) is 0 Å². The van der Waals surface area contributed by atoms with Gasteiger partial charge >= 0.3 is 5.97 Å². The van der Waals surface area contributed by atoms with Gasteiger partial charge in [0.1, 0.15) is 5.92 Å². The minimum absolute atomic E-state index is 0.00731. The molecule has 10 heavy (non-hydrogen) atoms. The molecule has 1 N–H and O–H groups in total. The third-order valence-corrected chi connectivity index (χ3v) is 1.49. The molecule has 0 unspecified atom stereocenters. The summed E-state index contributed by atoms with van der Waals surface area (Å²) in [7, 11) is 0. The fourth-order valence-corrected chi connectivity index (χ4v) is 0.871. The summed E-state index contributed by atoms with van der Waals surface area (Å²) in [6.45, 7) is 1.71. The lowest BCUT2D eigenvalue weighted by molar-refractivity contribution is -0.143. The van der Waals surface area contributed by atoms with Gasteiger partial charge in [0.25, 0.3) is 0 Å². The minimum Gasteiger partial charge on any atom is -0.396 e. The standard InChI is InChI=1S/C6H9NO3/c1-4-5(2-3-8)6(9)10-7-4/h5,8H,2-3H2,1H3/t5-/m0/s1. The van der Waals surface area contributed by atoms with E-state index in [0.717, 1.165) is 0 Å². The van der Waals surface area contributed by atoms with E-state index in [9.17, 15) is 4.79 Å². The van der Waals surface area contributed by atoms with E-state index in [1.807, 2.05) is 0 Å². The van der Waals surface area contributed by atoms with Crippen molar-refractivity contribution in [2.45, 2.75) is 13.3 Å². The van der Waals surface area contributed by atoms with Crippen LogP contribution in [-0.2, 0) is 9.63 Å². The SMILES string of the molecule is CC1=NOC(=O)[C@H]1CCO. The molecule has 0 aromatic rings. The number of nitrogens with zero attached hydrogens (tertiary/aromatic N) is 1. The Morgan fingerprint density at radius 2 is 2.50 bits per heavy atom. The highest BCUT2D eigenvalue weighted by molar-refractivity contribution is 6.03. The maximum Gasteiger partial charge on any atom is 0.343 e. The molecule has 1 aliphatic heterocycles. The van der Waals surface area contributed by atoms with Crippen molar-refractivity contribution in [2.75, 3.05) is 6.61 Å². The third-order valence-electron chi connectivity index (χ3n) is 1.49. The summed E-state index contributed by atoms with van der Waals surface area (Å²) in [6, 6.07) is 0. The summed E-state index contributed by atoms with van der Waals surface area (Å²) in [5.74, 6) is -0.670. The highest BCUT2D eigenvalue weighted by Crippen LogP contribution is 2.14. The first-order valence-corrected chi connectivity index (χ1v) is 3.12. The van der Waals surface area contributed by atoms with Crippen LogP contribution in [0.15, 0.2) is 5.16 Å². The molecule has 0 bridgehead atoms. The average Bonchev–Trinajstić information content (AvgIpc) is 2.20. The highest BCUT2D eigenvalue weighted by Gasteiger charge is 2.28. The fraction of sp³-hybridized carbons (Fsp3) is 0.667. The van der Waals surface area contributed by atoms with Crippen molar-refractivity contribution in [3.8, 4) is 0 Å². The molecule has 1 heterocycles. The molecule has 0 spiro atoms. The van der Waals surface area contributed by atoms with Crippen molar-refractivity contribution in [2.24, 2.45) is 11.1 Å². The van der Waals surface area contributed by atoms with Gasteiger partial charge in [-0.05, 0) is 13.3 Å². The van der Waals surface area contributed by atoms with Crippen LogP contribution >= 0.6 is 0 Å². The van der Waals surface area contributed by atoms with Crippen LogP contribution in [0.1, 0.15) is 13.3 Å². The van der Waals surface area contributed by atoms with Crippen molar-refractivity contribution in [1.29, 1.82) is 0 Å². The first kappa shape index (κ1) is 7.21. The van der Waals surface area contributed by atoms with Gasteiger partial charge in [0.15, 0.2) is 0 Å². The number of hydrogen-bond donors (Lipinski definition) is 1. The molecular formula is C6H9NO3. The zero-order chi connectivity index (χ0) is 7.56. The second-order valence-electron chi connectivity index (χ2n) is 2.21. The summed E-state index contributed by atoms with van der Waals surface area (Å²) in [6.07, 6.45) is 0.411. The van der Waals surface area contributed by atoms with E-state index < -0.39 is 0 Å². The van der Waals surface area contributed by atoms with Gasteiger partial charge in [0.2, 0.25) is 0 Å². The maximum atomic E-state index is 10.7. The van der Waals surface area contributed by atoms with Gasteiger partial charge in [-0.25, -0.2) is 4.79 Å². The van der Waals surface area contributed by atoms with Crippen LogP contribution < -0.4 is 0 Å². The second-order valence-corrected chi connectivity index (χ2v) is 2.21. The maximum absolute atomic E-state index is 10.7. The normalized spacial score (nSPS) is 24.4. The van der Waals surface area contributed by atoms with Crippen LogP contribution in [0.2, 0.25) is 0 Å². The molecule has 4 heteroatoms. The minimum atomic E-state index is -0.355. The Hall–Kier alpha value is -0.900. The smallest absolute Gasteiger partial charge is 0.343 e. The first-order chi connectivity index (χ1) is 4.75. The van der Waals surface area contributed by atoms with Gasteiger partial charge in [-0.2, -0.15) is 0 Å². The Morgan fingerprint density at radius 3 is 2.90 bits per heavy atom. The van der Waals surface area contributed by atoms with Crippen LogP contribution in [0.25, 0.3) is 0 Å². The number of oxime groups is 1. The van der Waals surface area contributed by atoms with E-state index in [1.165, 1.54) is 0 Å². The lowest BCUT2D eigenvalue weighted by Gasteiger charge is -2.00. The van der Waals surface area contributed by atoms with Crippen molar-refractivity contribution in [1.82, 2.24) is 0 Å². The van der Waals surface area contributed by atoms with E-state index in [0.29, 0.717) is 12.1 Å². The number of aliphatic hydroxyl groups is 1. The molecule has 1 rings (SSSR count). The molecule has 56 valence electrons. The van der Waals surface area contributed by atoms with Crippen LogP contribution in [-0.4, -0.2) is 23.4 Å². The molecule has 1 aliphatic rings. The molecule has 0 aromatic carbocycles. The monoisotopic (exact) mass is 143 g/mol. The largest absolute Gasteiger partial charge is 0.396 e. The van der Waals surface area contributed by atoms with Gasteiger partial charge in [0, 0.05) is 6.61 Å². The summed E-state index contributed by atoms with van der Waals surface area (Å²) >= 11 is 0. The highest BCUT2D eigenvalue weighted by atomic mass is 16.7. The summed E-state index contributed by atoms with van der Waals surface area (Å²) < 4.78 is 0. The summed E-state index contributed by atoms with van der Waals surface area (Å²) in [5.41, 5.74) is 0.652. The van der Waals surface area contributed by atoms with Crippen molar-refractivity contribution in [3.63, 3.8) is 0 Å². The van der Waals surface area contributed by atoms with E-state index >= 15 is 0 Å². The Labute approximate surface area is 58.5 Å². The van der Waals surface area contributed by atoms with E-state index in [-0.39, 0.29) is 18.5 Å². The number of hydrogen-bond acceptors (Lipinski definition) is 4. The van der Waals surface area contributed by atoms with Crippen molar-refractivity contribution in [3.05, 3.63) is 0 Å². The van der Waals surface area contributed by atoms with E-state index in [4.69, 9.17) is 5.11 Å². The Morgan fingerprint density at radius 1 is 1.80 bits per heavy atom. The molecule has 0 amide bonds. The molecular weight excluding hydrogens is 134 g/mol. The quantitative estimate of drug-likeness (QED) is 0.550. The summed E-state index contributed by atoms with van der Waals surface area (Å²) in [5, 5.41) is 12.0. The second kappa shape index (κ2) is 2.79. The lowest BCUT2D eigenvalue weighted by atomic mass is 10.0. The zero-order valence-electron chi connectivity index (χ0n) is 5.70. The van der Waals surface area contributed by atoms with Crippen LogP contribution in [0.3, 0.4) is 0 Å². The van der Waals surface area contributed by atoms with Gasteiger partial charge in [-0.1, -0.05) is 5.16 Å². The van der Waals surface area contributed by atoms with Gasteiger partial charge < -0.3 is 9.94 Å². The lowest BCUT2D eigenvalue weighted by Crippen LogP contribution is -2.17. The molecule has 0 saturated carbocycles. The summed E-state index contributed by atoms with van der Waals surface area (Å²) in [4.78, 5) is 15.1. The molecule has 0 fully saturated rings. The Kier molecular flexibility index (Phi) is 2.01.